The number of carbonyl (C=O) groups excluding carboxylic acids is 1. The van der Waals surface area contributed by atoms with Crippen molar-refractivity contribution in [1.29, 1.82) is 0 Å². The third-order valence-electron chi connectivity index (χ3n) is 3.82. The molecule has 5 nitrogen and oxygen atoms in total. The lowest BCUT2D eigenvalue weighted by molar-refractivity contribution is -0.137. The van der Waals surface area contributed by atoms with E-state index in [4.69, 9.17) is 5.11 Å². The molecule has 0 spiro atoms. The van der Waals surface area contributed by atoms with E-state index in [-0.39, 0.29) is 18.0 Å². The second-order valence-electron chi connectivity index (χ2n) is 5.70. The second-order valence-corrected chi connectivity index (χ2v) is 5.70. The first kappa shape index (κ1) is 17.7. The molecule has 0 aromatic carbocycles. The van der Waals surface area contributed by atoms with Crippen LogP contribution in [0.4, 0.5) is 4.79 Å². The maximum absolute atomic E-state index is 12.0. The number of nitrogens with one attached hydrogen (secondary N) is 2. The van der Waals surface area contributed by atoms with Gasteiger partial charge in [-0.15, -0.1) is 0 Å². The van der Waals surface area contributed by atoms with Gasteiger partial charge in [0.2, 0.25) is 0 Å². The van der Waals surface area contributed by atoms with E-state index in [0.717, 1.165) is 19.3 Å². The van der Waals surface area contributed by atoms with Crippen LogP contribution in [-0.4, -0.2) is 28.2 Å². The maximum Gasteiger partial charge on any atom is 0.315 e. The number of hydrogen-bond donors (Lipinski definition) is 3. The van der Waals surface area contributed by atoms with Gasteiger partial charge in [-0.05, 0) is 39.5 Å². The number of hydrogen-bond acceptors (Lipinski definition) is 2. The van der Waals surface area contributed by atoms with Crippen LogP contribution >= 0.6 is 0 Å². The third kappa shape index (κ3) is 6.45. The molecule has 0 bridgehead atoms. The van der Waals surface area contributed by atoms with E-state index in [0.29, 0.717) is 6.42 Å². The van der Waals surface area contributed by atoms with Crippen LogP contribution in [0.3, 0.4) is 0 Å². The van der Waals surface area contributed by atoms with Crippen molar-refractivity contribution in [3.8, 4) is 0 Å². The standard InChI is InChI=1S/C14H28N2O3/c1-6-14(7-2,8-3)16-12(19)15-13(4,5)10-9-11(17)18/h6-10H2,1-5H3,(H,17,18)(H2,15,16,19). The van der Waals surface area contributed by atoms with E-state index in [1.165, 1.54) is 0 Å². The van der Waals surface area contributed by atoms with Gasteiger partial charge < -0.3 is 15.7 Å². The smallest absolute Gasteiger partial charge is 0.315 e. The summed E-state index contributed by atoms with van der Waals surface area (Å²) in [6.07, 6.45) is 3.09. The first-order chi connectivity index (χ1) is 8.70. The Hall–Kier alpha value is -1.26. The van der Waals surface area contributed by atoms with Crippen molar-refractivity contribution < 1.29 is 14.7 Å². The van der Waals surface area contributed by atoms with Crippen LogP contribution in [0.25, 0.3) is 0 Å². The van der Waals surface area contributed by atoms with Gasteiger partial charge >= 0.3 is 12.0 Å². The van der Waals surface area contributed by atoms with Gasteiger partial charge in [0.25, 0.3) is 0 Å². The summed E-state index contributed by atoms with van der Waals surface area (Å²) >= 11 is 0. The molecule has 112 valence electrons. The number of carbonyl (C=O) groups is 2. The van der Waals surface area contributed by atoms with E-state index < -0.39 is 11.5 Å². The average molecular weight is 272 g/mol. The van der Waals surface area contributed by atoms with E-state index >= 15 is 0 Å². The summed E-state index contributed by atoms with van der Waals surface area (Å²) in [7, 11) is 0. The summed E-state index contributed by atoms with van der Waals surface area (Å²) in [6.45, 7) is 9.84. The Morgan fingerprint density at radius 2 is 1.47 bits per heavy atom. The second kappa shape index (κ2) is 7.36. The Bertz CT molecular complexity index is 302. The molecular formula is C14H28N2O3. The normalized spacial score (nSPS) is 12.1. The summed E-state index contributed by atoms with van der Waals surface area (Å²) < 4.78 is 0. The first-order valence-corrected chi connectivity index (χ1v) is 7.02. The quantitative estimate of drug-likeness (QED) is 0.635. The number of aliphatic carboxylic acids is 1. The summed E-state index contributed by atoms with van der Waals surface area (Å²) in [6, 6.07) is -0.221. The monoisotopic (exact) mass is 272 g/mol. The molecule has 0 aliphatic rings. The zero-order valence-electron chi connectivity index (χ0n) is 12.8. The van der Waals surface area contributed by atoms with Crippen LogP contribution in [0.1, 0.15) is 66.7 Å². The van der Waals surface area contributed by atoms with Crippen molar-refractivity contribution in [2.75, 3.05) is 0 Å². The number of carboxylic acid groups (broad SMARTS) is 1. The predicted molar refractivity (Wildman–Crippen MR) is 76.2 cm³/mol. The molecule has 2 amide bonds. The largest absolute Gasteiger partial charge is 0.481 e. The SMILES string of the molecule is CCC(CC)(CC)NC(=O)NC(C)(C)CCC(=O)O. The summed E-state index contributed by atoms with van der Waals surface area (Å²) in [5.74, 6) is -0.847. The fourth-order valence-electron chi connectivity index (χ4n) is 2.08. The molecule has 0 saturated carbocycles. The Morgan fingerprint density at radius 1 is 1.00 bits per heavy atom. The predicted octanol–water partition coefficient (Wildman–Crippen LogP) is 2.90. The highest BCUT2D eigenvalue weighted by atomic mass is 16.4. The van der Waals surface area contributed by atoms with Crippen molar-refractivity contribution in [2.45, 2.75) is 77.8 Å². The van der Waals surface area contributed by atoms with Crippen molar-refractivity contribution in [3.63, 3.8) is 0 Å². The van der Waals surface area contributed by atoms with Gasteiger partial charge in [0.05, 0.1) is 0 Å². The Morgan fingerprint density at radius 3 is 1.84 bits per heavy atom. The van der Waals surface area contributed by atoms with Crippen LogP contribution in [-0.2, 0) is 4.79 Å². The van der Waals surface area contributed by atoms with Crippen LogP contribution < -0.4 is 10.6 Å². The molecule has 3 N–H and O–H groups in total. The Kier molecular flexibility index (Phi) is 6.87. The molecule has 0 fully saturated rings. The van der Waals surface area contributed by atoms with Crippen molar-refractivity contribution in [1.82, 2.24) is 10.6 Å². The van der Waals surface area contributed by atoms with Gasteiger partial charge in [0.15, 0.2) is 0 Å². The number of rotatable bonds is 8. The molecule has 19 heavy (non-hydrogen) atoms. The van der Waals surface area contributed by atoms with E-state index in [1.807, 2.05) is 13.8 Å². The van der Waals surface area contributed by atoms with E-state index in [1.54, 1.807) is 0 Å². The highest BCUT2D eigenvalue weighted by Crippen LogP contribution is 2.19. The summed E-state index contributed by atoms with van der Waals surface area (Å²) in [5, 5.41) is 14.6. The van der Waals surface area contributed by atoms with Crippen LogP contribution in [0.15, 0.2) is 0 Å². The van der Waals surface area contributed by atoms with Gasteiger partial charge in [0, 0.05) is 17.5 Å². The molecule has 0 radical (unpaired) electrons. The minimum absolute atomic E-state index is 0.0494. The van der Waals surface area contributed by atoms with Gasteiger partial charge in [-0.25, -0.2) is 4.79 Å². The molecule has 5 heteroatoms. The van der Waals surface area contributed by atoms with Crippen LogP contribution in [0.5, 0.6) is 0 Å². The average Bonchev–Trinajstić information content (AvgIpc) is 2.33. The van der Waals surface area contributed by atoms with Gasteiger partial charge in [0.1, 0.15) is 0 Å². The minimum atomic E-state index is -0.847. The summed E-state index contributed by atoms with van der Waals surface area (Å²) in [5.41, 5.74) is -0.698. The van der Waals surface area contributed by atoms with Gasteiger partial charge in [-0.2, -0.15) is 0 Å². The van der Waals surface area contributed by atoms with Crippen molar-refractivity contribution in [3.05, 3.63) is 0 Å². The fourth-order valence-corrected chi connectivity index (χ4v) is 2.08. The molecule has 0 aromatic heterocycles. The minimum Gasteiger partial charge on any atom is -0.481 e. The molecule has 0 unspecified atom stereocenters. The van der Waals surface area contributed by atoms with Crippen LogP contribution in [0.2, 0.25) is 0 Å². The fraction of sp³-hybridized carbons (Fsp3) is 0.857. The molecule has 0 aliphatic heterocycles. The molecular weight excluding hydrogens is 244 g/mol. The van der Waals surface area contributed by atoms with Gasteiger partial charge in [-0.1, -0.05) is 20.8 Å². The molecule has 0 aliphatic carbocycles. The van der Waals surface area contributed by atoms with E-state index in [2.05, 4.69) is 31.4 Å². The lowest BCUT2D eigenvalue weighted by atomic mass is 9.90. The Labute approximate surface area is 116 Å². The number of carboxylic acids is 1. The molecule has 0 heterocycles. The van der Waals surface area contributed by atoms with Crippen molar-refractivity contribution >= 4 is 12.0 Å². The lowest BCUT2D eigenvalue weighted by Gasteiger charge is -2.34. The summed E-state index contributed by atoms with van der Waals surface area (Å²) in [4.78, 5) is 22.6. The zero-order valence-corrected chi connectivity index (χ0v) is 12.8. The molecule has 0 rings (SSSR count). The third-order valence-corrected chi connectivity index (χ3v) is 3.82. The highest BCUT2D eigenvalue weighted by Gasteiger charge is 2.28. The number of urea groups is 1. The molecule has 0 saturated heterocycles. The topological polar surface area (TPSA) is 78.4 Å². The Balaban J connectivity index is 4.47. The lowest BCUT2D eigenvalue weighted by Crippen LogP contribution is -2.56. The van der Waals surface area contributed by atoms with Gasteiger partial charge in [-0.3, -0.25) is 4.79 Å². The van der Waals surface area contributed by atoms with E-state index in [9.17, 15) is 9.59 Å². The van der Waals surface area contributed by atoms with Crippen LogP contribution in [0, 0.1) is 0 Å². The zero-order chi connectivity index (χ0) is 15.1. The van der Waals surface area contributed by atoms with Crippen molar-refractivity contribution in [2.24, 2.45) is 0 Å². The first-order valence-electron chi connectivity index (χ1n) is 7.02. The molecule has 0 atom stereocenters. The molecule has 0 aromatic rings. The highest BCUT2D eigenvalue weighted by molar-refractivity contribution is 5.75. The number of amides is 2. The maximum atomic E-state index is 12.0.